The largest absolute Gasteiger partial charge is 0.267 e. The number of allylic oxidation sites excluding steroid dienone is 2. The van der Waals surface area contributed by atoms with Gasteiger partial charge in [-0.1, -0.05) is 32.9 Å². The minimum Gasteiger partial charge on any atom is -0.267 e. The second-order valence-electron chi connectivity index (χ2n) is 1.28. The fourth-order valence-electron chi connectivity index (χ4n) is 0.402. The molecule has 44 valence electrons. The third kappa shape index (κ3) is 1.50. The Kier molecular flexibility index (Phi) is 2.38. The zero-order valence-electron chi connectivity index (χ0n) is 4.26. The number of nitrogens with one attached hydrogen (secondary N) is 1. The highest BCUT2D eigenvalue weighted by atomic mass is 127. The summed E-state index contributed by atoms with van der Waals surface area (Å²) in [7, 11) is 0. The number of halogens is 1. The highest BCUT2D eigenvalue weighted by Crippen LogP contribution is 2.05. The van der Waals surface area contributed by atoms with Crippen molar-refractivity contribution in [3.63, 3.8) is 0 Å². The van der Waals surface area contributed by atoms with Crippen molar-refractivity contribution in [1.82, 2.24) is 5.43 Å². The Labute approximate surface area is 58.2 Å². The Bertz CT molecular complexity index is 158. The first-order valence-electron chi connectivity index (χ1n) is 2.23. The van der Waals surface area contributed by atoms with Gasteiger partial charge in [-0.3, -0.25) is 5.84 Å². The van der Waals surface area contributed by atoms with Gasteiger partial charge in [-0.15, -0.1) is 0 Å². The lowest BCUT2D eigenvalue weighted by atomic mass is 10.5. The number of hydrogen-bond acceptors (Lipinski definition) is 2. The topological polar surface area (TPSA) is 38.0 Å². The SMILES string of the molecule is NNC1=IC=CC=C1. The maximum atomic E-state index is 5.16. The van der Waals surface area contributed by atoms with Gasteiger partial charge in [0.05, 0.1) is 3.63 Å². The maximum Gasteiger partial charge on any atom is 0.0616 e. The Morgan fingerprint density at radius 3 is 2.75 bits per heavy atom. The minimum absolute atomic E-state index is 0.0619. The van der Waals surface area contributed by atoms with Crippen molar-refractivity contribution < 1.29 is 0 Å². The van der Waals surface area contributed by atoms with Crippen molar-refractivity contribution >= 4 is 24.4 Å². The van der Waals surface area contributed by atoms with E-state index in [1.54, 1.807) is 0 Å². The fraction of sp³-hybridized carbons (Fsp3) is 0. The summed E-state index contributed by atoms with van der Waals surface area (Å²) >= 11 is 0.0619. The number of rotatable bonds is 1. The molecule has 0 unspecified atom stereocenters. The normalized spacial score (nSPS) is 17.4. The van der Waals surface area contributed by atoms with Crippen LogP contribution in [0.25, 0.3) is 0 Å². The van der Waals surface area contributed by atoms with Crippen molar-refractivity contribution in [2.24, 2.45) is 5.84 Å². The molecular formula is C5H7IN2. The third-order valence-electron chi connectivity index (χ3n) is 0.745. The Morgan fingerprint density at radius 1 is 1.50 bits per heavy atom. The summed E-state index contributed by atoms with van der Waals surface area (Å²) in [6, 6.07) is 0. The van der Waals surface area contributed by atoms with Gasteiger partial charge in [0.1, 0.15) is 0 Å². The van der Waals surface area contributed by atoms with Crippen molar-refractivity contribution in [1.29, 1.82) is 0 Å². The molecule has 1 heterocycles. The molecule has 1 rings (SSSR count). The molecule has 0 aromatic rings. The Morgan fingerprint density at radius 2 is 2.38 bits per heavy atom. The van der Waals surface area contributed by atoms with Crippen molar-refractivity contribution in [3.05, 3.63) is 22.3 Å². The molecular weight excluding hydrogens is 215 g/mol. The molecule has 0 saturated heterocycles. The lowest BCUT2D eigenvalue weighted by molar-refractivity contribution is 1.06. The molecule has 0 amide bonds. The van der Waals surface area contributed by atoms with E-state index in [1.807, 2.05) is 18.2 Å². The summed E-state index contributed by atoms with van der Waals surface area (Å²) < 4.78 is 3.33. The maximum absolute atomic E-state index is 5.16. The van der Waals surface area contributed by atoms with Gasteiger partial charge in [-0.05, 0) is 10.2 Å². The summed E-state index contributed by atoms with van der Waals surface area (Å²) in [5, 5.41) is 0. The molecule has 1 aliphatic heterocycles. The standard InChI is InChI=1S/C5H7IN2/c7-8-5-3-1-2-4-6-5/h1-4,8H,7H2. The highest BCUT2D eigenvalue weighted by Gasteiger charge is 1.85. The Hall–Kier alpha value is 0. The summed E-state index contributed by atoms with van der Waals surface area (Å²) in [4.78, 5) is 0. The zero-order valence-corrected chi connectivity index (χ0v) is 6.42. The van der Waals surface area contributed by atoms with Crippen LogP contribution in [0.2, 0.25) is 0 Å². The first-order chi connectivity index (χ1) is 3.93. The van der Waals surface area contributed by atoms with E-state index >= 15 is 0 Å². The number of hydrogen-bond donors (Lipinski definition) is 2. The number of hydrazine groups is 1. The molecule has 0 atom stereocenters. The quantitative estimate of drug-likeness (QED) is 0.388. The lowest BCUT2D eigenvalue weighted by Crippen LogP contribution is -2.26. The zero-order chi connectivity index (χ0) is 5.82. The molecule has 0 aromatic heterocycles. The van der Waals surface area contributed by atoms with Gasteiger partial charge in [0.2, 0.25) is 0 Å². The molecule has 0 fully saturated rings. The first kappa shape index (κ1) is 6.12. The van der Waals surface area contributed by atoms with Crippen molar-refractivity contribution in [2.75, 3.05) is 0 Å². The molecule has 0 aliphatic carbocycles. The summed E-state index contributed by atoms with van der Waals surface area (Å²) in [6.45, 7) is 0. The summed E-state index contributed by atoms with van der Waals surface area (Å²) in [5.41, 5.74) is 2.63. The second-order valence-corrected chi connectivity index (χ2v) is 3.78. The summed E-state index contributed by atoms with van der Waals surface area (Å²) in [5.74, 6) is 5.16. The van der Waals surface area contributed by atoms with E-state index in [0.29, 0.717) is 0 Å². The van der Waals surface area contributed by atoms with Gasteiger partial charge in [0.15, 0.2) is 0 Å². The molecule has 0 spiro atoms. The predicted molar refractivity (Wildman–Crippen MR) is 44.6 cm³/mol. The fourth-order valence-corrected chi connectivity index (χ4v) is 1.83. The van der Waals surface area contributed by atoms with Crippen LogP contribution in [0.1, 0.15) is 0 Å². The van der Waals surface area contributed by atoms with E-state index in [-0.39, 0.29) is 20.7 Å². The highest BCUT2D eigenvalue weighted by molar-refractivity contribution is 14.2. The Balaban J connectivity index is 2.68. The smallest absolute Gasteiger partial charge is 0.0616 e. The second kappa shape index (κ2) is 3.11. The van der Waals surface area contributed by atoms with E-state index in [0.717, 1.165) is 0 Å². The third-order valence-corrected chi connectivity index (χ3v) is 2.86. The van der Waals surface area contributed by atoms with Crippen LogP contribution in [0.3, 0.4) is 0 Å². The minimum atomic E-state index is 0.0619. The average Bonchev–Trinajstić information content (AvgIpc) is 1.90. The summed E-state index contributed by atoms with van der Waals surface area (Å²) in [6.07, 6.45) is 6.04. The molecule has 2 nitrogen and oxygen atoms in total. The molecule has 0 bridgehead atoms. The van der Waals surface area contributed by atoms with E-state index < -0.39 is 0 Å². The molecule has 8 heavy (non-hydrogen) atoms. The van der Waals surface area contributed by atoms with Gasteiger partial charge in [0.25, 0.3) is 0 Å². The molecule has 0 saturated carbocycles. The first-order valence-corrected chi connectivity index (χ1v) is 4.56. The lowest BCUT2D eigenvalue weighted by Gasteiger charge is -1.96. The van der Waals surface area contributed by atoms with Crippen molar-refractivity contribution in [3.8, 4) is 0 Å². The van der Waals surface area contributed by atoms with Crippen LogP contribution >= 0.6 is 20.7 Å². The average molecular weight is 222 g/mol. The van der Waals surface area contributed by atoms with Crippen LogP contribution < -0.4 is 11.3 Å². The van der Waals surface area contributed by atoms with Gasteiger partial charge in [0, 0.05) is 0 Å². The van der Waals surface area contributed by atoms with E-state index in [4.69, 9.17) is 5.84 Å². The van der Waals surface area contributed by atoms with Crippen LogP contribution in [0.4, 0.5) is 0 Å². The van der Waals surface area contributed by atoms with E-state index in [9.17, 15) is 0 Å². The molecule has 0 radical (unpaired) electrons. The van der Waals surface area contributed by atoms with Crippen LogP contribution in [-0.4, -0.2) is 3.63 Å². The molecule has 0 aromatic carbocycles. The molecule has 1 aliphatic rings. The van der Waals surface area contributed by atoms with Gasteiger partial charge < -0.3 is 0 Å². The van der Waals surface area contributed by atoms with Crippen LogP contribution in [-0.2, 0) is 0 Å². The van der Waals surface area contributed by atoms with Crippen molar-refractivity contribution in [2.45, 2.75) is 0 Å². The van der Waals surface area contributed by atoms with Gasteiger partial charge >= 0.3 is 0 Å². The molecule has 3 N–H and O–H groups in total. The van der Waals surface area contributed by atoms with Crippen LogP contribution in [0.15, 0.2) is 22.3 Å². The van der Waals surface area contributed by atoms with E-state index in [1.165, 1.54) is 3.63 Å². The van der Waals surface area contributed by atoms with Gasteiger partial charge in [-0.2, -0.15) is 0 Å². The van der Waals surface area contributed by atoms with Crippen LogP contribution in [0, 0.1) is 0 Å². The van der Waals surface area contributed by atoms with E-state index in [2.05, 4.69) is 9.51 Å². The predicted octanol–water partition coefficient (Wildman–Crippen LogP) is 0.634. The van der Waals surface area contributed by atoms with Gasteiger partial charge in [-0.25, -0.2) is 5.43 Å². The number of nitrogens with two attached hydrogens (primary N) is 1. The monoisotopic (exact) mass is 222 g/mol. The van der Waals surface area contributed by atoms with Crippen LogP contribution in [0.5, 0.6) is 0 Å². The molecule has 3 heteroatoms.